The highest BCUT2D eigenvalue weighted by atomic mass is 35.5. The van der Waals surface area contributed by atoms with Crippen LogP contribution in [0, 0.1) is 23.6 Å². The molecule has 0 heterocycles. The Morgan fingerprint density at radius 1 is 0.962 bits per heavy atom. The van der Waals surface area contributed by atoms with E-state index in [1.807, 2.05) is 6.07 Å². The van der Waals surface area contributed by atoms with Crippen molar-refractivity contribution in [1.29, 1.82) is 0 Å². The molecule has 0 aliphatic heterocycles. The molecule has 2 aliphatic rings. The Balaban J connectivity index is 1.52. The number of ether oxygens (including phenoxy) is 1. The average Bonchev–Trinajstić information content (AvgIpc) is 2.69. The lowest BCUT2D eigenvalue weighted by atomic mass is 9.77. The van der Waals surface area contributed by atoms with Gasteiger partial charge in [0.25, 0.3) is 0 Å². The number of methoxy groups -OCH3 is 1. The van der Waals surface area contributed by atoms with Crippen molar-refractivity contribution in [3.05, 3.63) is 53.3 Å². The Bertz CT molecular complexity index is 638. The first-order chi connectivity index (χ1) is 12.6. The van der Waals surface area contributed by atoms with Crippen LogP contribution < -0.4 is 4.74 Å². The molecule has 2 fully saturated rings. The minimum absolute atomic E-state index is 0.113. The summed E-state index contributed by atoms with van der Waals surface area (Å²) in [6.07, 6.45) is 16.5. The molecule has 0 unspecified atom stereocenters. The van der Waals surface area contributed by atoms with Crippen LogP contribution in [0.25, 0.3) is 0 Å². The van der Waals surface area contributed by atoms with Gasteiger partial charge in [-0.05, 0) is 86.7 Å². The Hall–Kier alpha value is -1.28. The third-order valence-corrected chi connectivity index (χ3v) is 6.67. The van der Waals surface area contributed by atoms with E-state index in [4.69, 9.17) is 16.3 Å². The van der Waals surface area contributed by atoms with Gasteiger partial charge >= 0.3 is 0 Å². The summed E-state index contributed by atoms with van der Waals surface area (Å²) in [5.41, 5.74) is 0.751. The maximum atomic E-state index is 14.5. The van der Waals surface area contributed by atoms with Crippen molar-refractivity contribution >= 4 is 11.6 Å². The van der Waals surface area contributed by atoms with E-state index in [2.05, 4.69) is 24.8 Å². The van der Waals surface area contributed by atoms with Gasteiger partial charge < -0.3 is 4.74 Å². The summed E-state index contributed by atoms with van der Waals surface area (Å²) < 4.78 is 19.7. The number of hydrogen-bond acceptors (Lipinski definition) is 1. The van der Waals surface area contributed by atoms with E-state index in [-0.39, 0.29) is 16.8 Å². The normalized spacial score (nSPS) is 29.7. The standard InChI is InChI=1S/C23H30ClFO/c1-3-16-4-6-17(7-5-16)8-9-18-10-12-19(13-11-18)20-14-15-21(26-2)22(24)23(20)25/h3,8-9,14-19H,1,4-7,10-13H2,2H3/b9-8+. The fourth-order valence-corrected chi connectivity index (χ4v) is 4.78. The van der Waals surface area contributed by atoms with Gasteiger partial charge in [-0.1, -0.05) is 35.9 Å². The smallest absolute Gasteiger partial charge is 0.149 e. The van der Waals surface area contributed by atoms with Gasteiger partial charge in [-0.3, -0.25) is 0 Å². The van der Waals surface area contributed by atoms with Crippen molar-refractivity contribution < 1.29 is 9.13 Å². The summed E-state index contributed by atoms with van der Waals surface area (Å²) in [4.78, 5) is 0. The van der Waals surface area contributed by atoms with Gasteiger partial charge in [-0.15, -0.1) is 6.58 Å². The fourth-order valence-electron chi connectivity index (χ4n) is 4.53. The highest BCUT2D eigenvalue weighted by Crippen LogP contribution is 2.41. The lowest BCUT2D eigenvalue weighted by Gasteiger charge is -2.29. The molecule has 3 heteroatoms. The van der Waals surface area contributed by atoms with E-state index in [1.165, 1.54) is 32.8 Å². The lowest BCUT2D eigenvalue weighted by molar-refractivity contribution is 0.347. The number of allylic oxidation sites excluding steroid dienone is 3. The van der Waals surface area contributed by atoms with E-state index in [0.29, 0.717) is 11.7 Å². The molecule has 0 N–H and O–H groups in total. The predicted molar refractivity (Wildman–Crippen MR) is 107 cm³/mol. The molecule has 1 aromatic rings. The van der Waals surface area contributed by atoms with Crippen molar-refractivity contribution in [2.75, 3.05) is 7.11 Å². The van der Waals surface area contributed by atoms with E-state index >= 15 is 0 Å². The highest BCUT2D eigenvalue weighted by Gasteiger charge is 2.25. The van der Waals surface area contributed by atoms with Crippen LogP contribution in [0.3, 0.4) is 0 Å². The van der Waals surface area contributed by atoms with Crippen LogP contribution in [0.15, 0.2) is 36.9 Å². The van der Waals surface area contributed by atoms with Gasteiger partial charge in [0, 0.05) is 0 Å². The summed E-state index contributed by atoms with van der Waals surface area (Å²) >= 11 is 6.09. The molecule has 3 rings (SSSR count). The first kappa shape index (κ1) is 19.5. The molecule has 0 bridgehead atoms. The molecule has 26 heavy (non-hydrogen) atoms. The quantitative estimate of drug-likeness (QED) is 0.489. The van der Waals surface area contributed by atoms with Crippen LogP contribution in [0.1, 0.15) is 62.8 Å². The zero-order valence-corrected chi connectivity index (χ0v) is 16.5. The molecule has 0 spiro atoms. The third kappa shape index (κ3) is 4.52. The molecule has 2 saturated carbocycles. The first-order valence-corrected chi connectivity index (χ1v) is 10.3. The number of halogens is 2. The van der Waals surface area contributed by atoms with Gasteiger partial charge in [0.2, 0.25) is 0 Å². The number of rotatable bonds is 5. The van der Waals surface area contributed by atoms with Crippen LogP contribution >= 0.6 is 11.6 Å². The van der Waals surface area contributed by atoms with Crippen LogP contribution in [0.5, 0.6) is 5.75 Å². The van der Waals surface area contributed by atoms with Crippen LogP contribution in [0.4, 0.5) is 4.39 Å². The van der Waals surface area contributed by atoms with Crippen LogP contribution in [0.2, 0.25) is 5.02 Å². The van der Waals surface area contributed by atoms with Crippen LogP contribution in [-0.4, -0.2) is 7.11 Å². The molecule has 0 aromatic heterocycles. The highest BCUT2D eigenvalue weighted by molar-refractivity contribution is 6.32. The second kappa shape index (κ2) is 9.08. The van der Waals surface area contributed by atoms with E-state index in [1.54, 1.807) is 6.07 Å². The molecule has 0 amide bonds. The zero-order chi connectivity index (χ0) is 18.5. The van der Waals surface area contributed by atoms with Crippen molar-refractivity contribution in [3.8, 4) is 5.75 Å². The molecule has 0 radical (unpaired) electrons. The minimum Gasteiger partial charge on any atom is -0.495 e. The second-order valence-electron chi connectivity index (χ2n) is 7.89. The van der Waals surface area contributed by atoms with E-state index < -0.39 is 0 Å². The largest absolute Gasteiger partial charge is 0.495 e. The summed E-state index contributed by atoms with van der Waals surface area (Å²) in [5, 5.41) is 0.113. The Morgan fingerprint density at radius 3 is 2.04 bits per heavy atom. The van der Waals surface area contributed by atoms with Gasteiger partial charge in [-0.25, -0.2) is 4.39 Å². The molecule has 0 atom stereocenters. The van der Waals surface area contributed by atoms with Crippen molar-refractivity contribution in [2.45, 2.75) is 57.3 Å². The van der Waals surface area contributed by atoms with Gasteiger partial charge in [0.1, 0.15) is 16.6 Å². The Kier molecular flexibility index (Phi) is 6.80. The minimum atomic E-state index is -0.302. The maximum Gasteiger partial charge on any atom is 0.149 e. The van der Waals surface area contributed by atoms with E-state index in [0.717, 1.165) is 43.1 Å². The molecule has 1 nitrogen and oxygen atoms in total. The monoisotopic (exact) mass is 376 g/mol. The molecular formula is C23H30ClFO. The van der Waals surface area contributed by atoms with Crippen LogP contribution in [-0.2, 0) is 0 Å². The molecule has 2 aliphatic carbocycles. The number of benzene rings is 1. The second-order valence-corrected chi connectivity index (χ2v) is 8.27. The first-order valence-electron chi connectivity index (χ1n) is 9.95. The summed E-state index contributed by atoms with van der Waals surface area (Å²) in [7, 11) is 1.52. The molecule has 1 aromatic carbocycles. The summed E-state index contributed by atoms with van der Waals surface area (Å²) in [6, 6.07) is 3.63. The molecular weight excluding hydrogens is 347 g/mol. The fraction of sp³-hybridized carbons (Fsp3) is 0.565. The maximum absolute atomic E-state index is 14.5. The topological polar surface area (TPSA) is 9.23 Å². The average molecular weight is 377 g/mol. The predicted octanol–water partition coefficient (Wildman–Crippen LogP) is 7.31. The Morgan fingerprint density at radius 2 is 1.50 bits per heavy atom. The lowest BCUT2D eigenvalue weighted by Crippen LogP contribution is -2.14. The third-order valence-electron chi connectivity index (χ3n) is 6.31. The molecule has 142 valence electrons. The molecule has 0 saturated heterocycles. The summed E-state index contributed by atoms with van der Waals surface area (Å²) in [5.74, 6) is 2.48. The van der Waals surface area contributed by atoms with Crippen molar-refractivity contribution in [1.82, 2.24) is 0 Å². The van der Waals surface area contributed by atoms with Gasteiger partial charge in [-0.2, -0.15) is 0 Å². The van der Waals surface area contributed by atoms with Gasteiger partial charge in [0.15, 0.2) is 0 Å². The van der Waals surface area contributed by atoms with Crippen molar-refractivity contribution in [2.24, 2.45) is 17.8 Å². The number of hydrogen-bond donors (Lipinski definition) is 0. The van der Waals surface area contributed by atoms with Crippen molar-refractivity contribution in [3.63, 3.8) is 0 Å². The summed E-state index contributed by atoms with van der Waals surface area (Å²) in [6.45, 7) is 3.92. The SMILES string of the molecule is C=CC1CCC(/C=C/C2CCC(c3ccc(OC)c(Cl)c3F)CC2)CC1. The van der Waals surface area contributed by atoms with Gasteiger partial charge in [0.05, 0.1) is 7.11 Å². The van der Waals surface area contributed by atoms with E-state index in [9.17, 15) is 4.39 Å². The Labute approximate surface area is 162 Å². The zero-order valence-electron chi connectivity index (χ0n) is 15.7.